The normalized spacial score (nSPS) is 41.0. The molecule has 0 bridgehead atoms. The predicted molar refractivity (Wildman–Crippen MR) is 129 cm³/mol. The topological polar surface area (TPSA) is 0 Å². The molecule has 0 aromatic carbocycles. The van der Waals surface area contributed by atoms with Crippen molar-refractivity contribution in [3.05, 3.63) is 0 Å². The van der Waals surface area contributed by atoms with Crippen molar-refractivity contribution in [2.75, 3.05) is 0 Å². The lowest BCUT2D eigenvalue weighted by Crippen LogP contribution is -2.43. The molecule has 29 heavy (non-hydrogen) atoms. The molecule has 4 unspecified atom stereocenters. The van der Waals surface area contributed by atoms with Crippen molar-refractivity contribution >= 4 is 0 Å². The fraction of sp³-hybridized carbons (Fsp3) is 1.00. The van der Waals surface area contributed by atoms with Gasteiger partial charge in [-0.15, -0.1) is 0 Å². The van der Waals surface area contributed by atoms with Crippen molar-refractivity contribution in [3.8, 4) is 0 Å². The van der Waals surface area contributed by atoms with Gasteiger partial charge in [0.05, 0.1) is 0 Å². The van der Waals surface area contributed by atoms with Crippen molar-refractivity contribution in [2.45, 2.75) is 156 Å². The van der Waals surface area contributed by atoms with E-state index in [1.165, 1.54) is 128 Å². The van der Waals surface area contributed by atoms with Crippen molar-refractivity contribution in [3.63, 3.8) is 0 Å². The van der Waals surface area contributed by atoms with Gasteiger partial charge in [0.1, 0.15) is 0 Å². The van der Waals surface area contributed by atoms with E-state index in [-0.39, 0.29) is 0 Å². The van der Waals surface area contributed by atoms with Gasteiger partial charge < -0.3 is 0 Å². The SMILES string of the molecule is CC1(C)C2(C)C3CCCCCCCCCCCCCCCCCCCCC3C12C. The second-order valence-corrected chi connectivity index (χ2v) is 12.2. The molecule has 0 aromatic heterocycles. The Morgan fingerprint density at radius 2 is 0.552 bits per heavy atom. The minimum Gasteiger partial charge on any atom is -0.0588 e. The molecule has 170 valence electrons. The van der Waals surface area contributed by atoms with Gasteiger partial charge >= 0.3 is 0 Å². The highest BCUT2D eigenvalue weighted by atomic mass is 14.9. The minimum atomic E-state index is 0.585. The van der Waals surface area contributed by atoms with Gasteiger partial charge in [-0.3, -0.25) is 0 Å². The second-order valence-electron chi connectivity index (χ2n) is 12.2. The van der Waals surface area contributed by atoms with Gasteiger partial charge in [0.25, 0.3) is 0 Å². The number of hydrogen-bond acceptors (Lipinski definition) is 0. The van der Waals surface area contributed by atoms with E-state index < -0.39 is 0 Å². The molecule has 0 aromatic rings. The lowest BCUT2D eigenvalue weighted by atomic mass is 9.55. The Balaban J connectivity index is 1.45. The molecular formula is C29H54. The maximum Gasteiger partial charge on any atom is -0.0176 e. The van der Waals surface area contributed by atoms with E-state index in [0.717, 1.165) is 11.8 Å². The van der Waals surface area contributed by atoms with Crippen LogP contribution in [-0.2, 0) is 0 Å². The molecule has 0 nitrogen and oxygen atoms in total. The standard InChI is InChI=1S/C29H54/c1-27(2)28(3)25-23-21-19-17-15-13-11-9-7-5-6-8-10-12-14-16-18-20-22-24-26(25)29(27,28)4/h25-26H,5-24H2,1-4H3. The van der Waals surface area contributed by atoms with Crippen LogP contribution in [0.3, 0.4) is 0 Å². The van der Waals surface area contributed by atoms with Crippen LogP contribution in [0, 0.1) is 28.1 Å². The quantitative estimate of drug-likeness (QED) is 0.378. The van der Waals surface area contributed by atoms with Gasteiger partial charge in [0, 0.05) is 0 Å². The highest BCUT2D eigenvalue weighted by molar-refractivity contribution is 5.36. The zero-order chi connectivity index (χ0) is 20.8. The molecule has 3 rings (SSSR count). The Morgan fingerprint density at radius 1 is 0.345 bits per heavy atom. The zero-order valence-electron chi connectivity index (χ0n) is 20.8. The Labute approximate surface area is 184 Å². The fourth-order valence-corrected chi connectivity index (χ4v) is 8.36. The lowest BCUT2D eigenvalue weighted by Gasteiger charge is -2.49. The summed E-state index contributed by atoms with van der Waals surface area (Å²) in [4.78, 5) is 0. The monoisotopic (exact) mass is 402 g/mol. The maximum atomic E-state index is 2.65. The molecule has 4 atom stereocenters. The van der Waals surface area contributed by atoms with Crippen LogP contribution in [0.2, 0.25) is 0 Å². The molecule has 0 heteroatoms. The van der Waals surface area contributed by atoms with Gasteiger partial charge in [-0.1, -0.05) is 143 Å². The summed E-state index contributed by atoms with van der Waals surface area (Å²) in [5, 5.41) is 0. The van der Waals surface area contributed by atoms with E-state index in [1.54, 1.807) is 0 Å². The van der Waals surface area contributed by atoms with Gasteiger partial charge in [-0.25, -0.2) is 0 Å². The summed E-state index contributed by atoms with van der Waals surface area (Å²) in [6.45, 7) is 10.5. The average molecular weight is 403 g/mol. The summed E-state index contributed by atoms with van der Waals surface area (Å²) in [7, 11) is 0. The van der Waals surface area contributed by atoms with Crippen LogP contribution in [0.5, 0.6) is 0 Å². The van der Waals surface area contributed by atoms with Gasteiger partial charge in [0.15, 0.2) is 0 Å². The summed E-state index contributed by atoms with van der Waals surface area (Å²) in [5.74, 6) is 2.06. The van der Waals surface area contributed by atoms with E-state index in [2.05, 4.69) is 27.7 Å². The summed E-state index contributed by atoms with van der Waals surface area (Å²) in [6.07, 6.45) is 30.0. The number of fused-ring (bicyclic) bond motifs is 4. The van der Waals surface area contributed by atoms with Gasteiger partial charge in [0.2, 0.25) is 0 Å². The first kappa shape index (κ1) is 23.7. The summed E-state index contributed by atoms with van der Waals surface area (Å²) < 4.78 is 0. The molecule has 3 fully saturated rings. The summed E-state index contributed by atoms with van der Waals surface area (Å²) in [6, 6.07) is 0. The molecule has 0 aliphatic heterocycles. The molecule has 0 N–H and O–H groups in total. The molecule has 0 spiro atoms. The predicted octanol–water partition coefficient (Wildman–Crippen LogP) is 10.1. The van der Waals surface area contributed by atoms with E-state index >= 15 is 0 Å². The number of rotatable bonds is 0. The molecule has 0 heterocycles. The van der Waals surface area contributed by atoms with Gasteiger partial charge in [-0.05, 0) is 40.9 Å². The van der Waals surface area contributed by atoms with Crippen molar-refractivity contribution in [1.29, 1.82) is 0 Å². The molecule has 3 saturated carbocycles. The van der Waals surface area contributed by atoms with Crippen LogP contribution < -0.4 is 0 Å². The zero-order valence-corrected chi connectivity index (χ0v) is 20.8. The number of hydrogen-bond donors (Lipinski definition) is 0. The summed E-state index contributed by atoms with van der Waals surface area (Å²) >= 11 is 0. The Morgan fingerprint density at radius 3 is 0.793 bits per heavy atom. The fourth-order valence-electron chi connectivity index (χ4n) is 8.36. The highest BCUT2D eigenvalue weighted by Gasteiger charge is 2.89. The van der Waals surface area contributed by atoms with Crippen LogP contribution in [0.4, 0.5) is 0 Å². The van der Waals surface area contributed by atoms with E-state index in [9.17, 15) is 0 Å². The van der Waals surface area contributed by atoms with E-state index in [1.807, 2.05) is 0 Å². The van der Waals surface area contributed by atoms with Crippen molar-refractivity contribution in [1.82, 2.24) is 0 Å². The third-order valence-electron chi connectivity index (χ3n) is 10.9. The first-order chi connectivity index (χ1) is 14.0. The second kappa shape index (κ2) is 10.5. The van der Waals surface area contributed by atoms with Crippen LogP contribution in [0.1, 0.15) is 156 Å². The highest BCUT2D eigenvalue weighted by Crippen LogP contribution is 2.93. The van der Waals surface area contributed by atoms with Crippen molar-refractivity contribution < 1.29 is 0 Å². The Kier molecular flexibility index (Phi) is 8.60. The third kappa shape index (κ3) is 4.62. The third-order valence-corrected chi connectivity index (χ3v) is 10.9. The molecular weight excluding hydrogens is 348 g/mol. The first-order valence-electron chi connectivity index (χ1n) is 14.0. The summed E-state index contributed by atoms with van der Waals surface area (Å²) in [5.41, 5.74) is 1.89. The molecule has 0 radical (unpaired) electrons. The maximum absolute atomic E-state index is 2.65. The molecule has 3 aliphatic rings. The minimum absolute atomic E-state index is 0.585. The van der Waals surface area contributed by atoms with Crippen LogP contribution in [0.25, 0.3) is 0 Å². The largest absolute Gasteiger partial charge is 0.0588 e. The lowest BCUT2D eigenvalue weighted by molar-refractivity contribution is -0.0126. The van der Waals surface area contributed by atoms with Crippen LogP contribution in [-0.4, -0.2) is 0 Å². The van der Waals surface area contributed by atoms with E-state index in [4.69, 9.17) is 0 Å². The van der Waals surface area contributed by atoms with Crippen LogP contribution >= 0.6 is 0 Å². The molecule has 0 saturated heterocycles. The van der Waals surface area contributed by atoms with Crippen molar-refractivity contribution in [2.24, 2.45) is 28.1 Å². The Hall–Kier alpha value is 0. The first-order valence-corrected chi connectivity index (χ1v) is 14.0. The van der Waals surface area contributed by atoms with E-state index in [0.29, 0.717) is 16.2 Å². The average Bonchev–Trinajstić information content (AvgIpc) is 3.00. The van der Waals surface area contributed by atoms with Gasteiger partial charge in [-0.2, -0.15) is 0 Å². The molecule has 3 aliphatic carbocycles. The Bertz CT molecular complexity index is 434. The molecule has 0 amide bonds. The van der Waals surface area contributed by atoms with Crippen LogP contribution in [0.15, 0.2) is 0 Å². The smallest absolute Gasteiger partial charge is 0.0176 e.